The minimum atomic E-state index is 0.695. The number of hydrogen-bond donors (Lipinski definition) is 1. The van der Waals surface area contributed by atoms with Gasteiger partial charge in [0.15, 0.2) is 17.5 Å². The molecule has 1 aliphatic rings. The third-order valence-electron chi connectivity index (χ3n) is 5.45. The third kappa shape index (κ3) is 5.55. The summed E-state index contributed by atoms with van der Waals surface area (Å²) in [4.78, 5) is 13.5. The van der Waals surface area contributed by atoms with Gasteiger partial charge in [-0.1, -0.05) is 12.1 Å². The Labute approximate surface area is 179 Å². The number of pyridine rings is 1. The molecule has 0 atom stereocenters. The summed E-state index contributed by atoms with van der Waals surface area (Å²) in [5.41, 5.74) is 2.34. The Balaban J connectivity index is 1.50. The number of nitrogens with zero attached hydrogens (tertiary/aromatic N) is 4. The van der Waals surface area contributed by atoms with E-state index in [1.165, 1.54) is 18.4 Å². The molecule has 2 aromatic rings. The molecule has 0 unspecified atom stereocenters. The van der Waals surface area contributed by atoms with E-state index in [9.17, 15) is 0 Å². The molecular formula is C23H33N5O2. The molecule has 1 aromatic heterocycles. The number of methoxy groups -OCH3 is 2. The van der Waals surface area contributed by atoms with E-state index < -0.39 is 0 Å². The van der Waals surface area contributed by atoms with Gasteiger partial charge >= 0.3 is 0 Å². The van der Waals surface area contributed by atoms with Crippen LogP contribution in [0.25, 0.3) is 0 Å². The summed E-state index contributed by atoms with van der Waals surface area (Å²) in [7, 11) is 7.16. The van der Waals surface area contributed by atoms with Gasteiger partial charge in [0.2, 0.25) is 0 Å². The number of benzene rings is 1. The number of aliphatic imine (C=N–C) groups is 1. The monoisotopic (exact) mass is 411 g/mol. The summed E-state index contributed by atoms with van der Waals surface area (Å²) < 4.78 is 10.7. The number of nitrogens with one attached hydrogen (secondary N) is 1. The van der Waals surface area contributed by atoms with Gasteiger partial charge in [-0.25, -0.2) is 4.98 Å². The molecule has 1 aromatic carbocycles. The SMILES string of the molecule is CN=C(NCc1ccc(N2CCCC2)nc1)N(C)CCc1ccc(OC)c(OC)c1. The number of hydrogen-bond acceptors (Lipinski definition) is 5. The van der Waals surface area contributed by atoms with Crippen molar-refractivity contribution in [1.29, 1.82) is 0 Å². The second-order valence-electron chi connectivity index (χ2n) is 7.48. The minimum absolute atomic E-state index is 0.695. The van der Waals surface area contributed by atoms with Crippen LogP contribution in [0.4, 0.5) is 5.82 Å². The number of rotatable bonds is 8. The zero-order valence-corrected chi connectivity index (χ0v) is 18.5. The molecule has 1 aliphatic heterocycles. The van der Waals surface area contributed by atoms with Crippen molar-refractivity contribution in [3.05, 3.63) is 47.7 Å². The van der Waals surface area contributed by atoms with Crippen LogP contribution in [0, 0.1) is 0 Å². The Morgan fingerprint density at radius 2 is 1.83 bits per heavy atom. The van der Waals surface area contributed by atoms with Gasteiger partial charge in [-0.05, 0) is 48.6 Å². The summed E-state index contributed by atoms with van der Waals surface area (Å²) in [6.07, 6.45) is 5.36. The molecule has 3 rings (SSSR count). The lowest BCUT2D eigenvalue weighted by Crippen LogP contribution is -2.39. The van der Waals surface area contributed by atoms with E-state index >= 15 is 0 Å². The van der Waals surface area contributed by atoms with Gasteiger partial charge in [0.05, 0.1) is 14.2 Å². The van der Waals surface area contributed by atoms with Crippen LogP contribution in [-0.2, 0) is 13.0 Å². The molecule has 1 N–H and O–H groups in total. The van der Waals surface area contributed by atoms with Gasteiger partial charge in [-0.3, -0.25) is 4.99 Å². The predicted octanol–water partition coefficient (Wildman–Crippen LogP) is 2.95. The molecule has 1 saturated heterocycles. The molecule has 1 fully saturated rings. The molecule has 30 heavy (non-hydrogen) atoms. The topological polar surface area (TPSA) is 62.2 Å². The van der Waals surface area contributed by atoms with Crippen molar-refractivity contribution in [2.75, 3.05) is 52.8 Å². The van der Waals surface area contributed by atoms with Gasteiger partial charge in [0, 0.05) is 46.5 Å². The standard InChI is InChI=1S/C23H33N5O2/c1-24-23(26-17-19-8-10-22(25-16-19)28-12-5-6-13-28)27(2)14-11-18-7-9-20(29-3)21(15-18)30-4/h7-10,15-16H,5-6,11-14,17H2,1-4H3,(H,24,26). The van der Waals surface area contributed by atoms with Gasteiger partial charge in [0.25, 0.3) is 0 Å². The molecule has 0 amide bonds. The first-order valence-corrected chi connectivity index (χ1v) is 10.5. The first-order valence-electron chi connectivity index (χ1n) is 10.5. The largest absolute Gasteiger partial charge is 0.493 e. The lowest BCUT2D eigenvalue weighted by Gasteiger charge is -2.22. The van der Waals surface area contributed by atoms with Crippen LogP contribution in [0.5, 0.6) is 11.5 Å². The van der Waals surface area contributed by atoms with Crippen LogP contribution < -0.4 is 19.7 Å². The second-order valence-corrected chi connectivity index (χ2v) is 7.48. The van der Waals surface area contributed by atoms with Gasteiger partial charge in [-0.15, -0.1) is 0 Å². The van der Waals surface area contributed by atoms with Crippen LogP contribution in [0.1, 0.15) is 24.0 Å². The van der Waals surface area contributed by atoms with E-state index in [0.717, 1.165) is 54.9 Å². The van der Waals surface area contributed by atoms with Crippen LogP contribution in [-0.4, -0.2) is 63.8 Å². The van der Waals surface area contributed by atoms with Crippen molar-refractivity contribution in [3.63, 3.8) is 0 Å². The Morgan fingerprint density at radius 3 is 2.47 bits per heavy atom. The minimum Gasteiger partial charge on any atom is -0.493 e. The third-order valence-corrected chi connectivity index (χ3v) is 5.45. The Hall–Kier alpha value is -2.96. The summed E-state index contributed by atoms with van der Waals surface area (Å²) in [5.74, 6) is 3.44. The van der Waals surface area contributed by atoms with E-state index in [1.807, 2.05) is 32.4 Å². The van der Waals surface area contributed by atoms with E-state index in [2.05, 4.69) is 43.3 Å². The van der Waals surface area contributed by atoms with Crippen LogP contribution in [0.3, 0.4) is 0 Å². The van der Waals surface area contributed by atoms with Gasteiger partial charge in [0.1, 0.15) is 5.82 Å². The highest BCUT2D eigenvalue weighted by atomic mass is 16.5. The Kier molecular flexibility index (Phi) is 7.76. The summed E-state index contributed by atoms with van der Waals surface area (Å²) >= 11 is 0. The molecule has 2 heterocycles. The molecule has 7 nitrogen and oxygen atoms in total. The maximum Gasteiger partial charge on any atom is 0.193 e. The molecule has 0 spiro atoms. The second kappa shape index (κ2) is 10.7. The average Bonchev–Trinajstić information content (AvgIpc) is 3.33. The van der Waals surface area contributed by atoms with Crippen molar-refractivity contribution in [1.82, 2.24) is 15.2 Å². The zero-order valence-electron chi connectivity index (χ0n) is 18.5. The molecule has 7 heteroatoms. The number of aromatic nitrogens is 1. The van der Waals surface area contributed by atoms with Crippen LogP contribution >= 0.6 is 0 Å². The molecule has 0 aliphatic carbocycles. The van der Waals surface area contributed by atoms with Crippen molar-refractivity contribution in [2.45, 2.75) is 25.8 Å². The molecule has 0 saturated carbocycles. The van der Waals surface area contributed by atoms with E-state index in [-0.39, 0.29) is 0 Å². The van der Waals surface area contributed by atoms with Crippen molar-refractivity contribution in [2.24, 2.45) is 4.99 Å². The maximum atomic E-state index is 5.40. The number of anilines is 1. The first-order chi connectivity index (χ1) is 14.6. The van der Waals surface area contributed by atoms with E-state index in [0.29, 0.717) is 6.54 Å². The van der Waals surface area contributed by atoms with Crippen molar-refractivity contribution in [3.8, 4) is 11.5 Å². The quantitative estimate of drug-likeness (QED) is 0.532. The normalized spacial score (nSPS) is 14.0. The van der Waals surface area contributed by atoms with Crippen molar-refractivity contribution < 1.29 is 9.47 Å². The smallest absolute Gasteiger partial charge is 0.193 e. The average molecular weight is 412 g/mol. The fourth-order valence-corrected chi connectivity index (χ4v) is 3.66. The predicted molar refractivity (Wildman–Crippen MR) is 122 cm³/mol. The summed E-state index contributed by atoms with van der Waals surface area (Å²) in [6.45, 7) is 3.76. The molecule has 0 bridgehead atoms. The van der Waals surface area contributed by atoms with E-state index in [4.69, 9.17) is 9.47 Å². The zero-order chi connectivity index (χ0) is 21.3. The maximum absolute atomic E-state index is 5.40. The first kappa shape index (κ1) is 21.7. The molecular weight excluding hydrogens is 378 g/mol. The Morgan fingerprint density at radius 1 is 1.10 bits per heavy atom. The fourth-order valence-electron chi connectivity index (χ4n) is 3.66. The molecule has 162 valence electrons. The van der Waals surface area contributed by atoms with Gasteiger partial charge < -0.3 is 24.6 Å². The highest BCUT2D eigenvalue weighted by Gasteiger charge is 2.13. The van der Waals surface area contributed by atoms with Gasteiger partial charge in [-0.2, -0.15) is 0 Å². The highest BCUT2D eigenvalue weighted by molar-refractivity contribution is 5.79. The number of likely N-dealkylation sites (N-methyl/N-ethyl adjacent to an activating group) is 1. The Bertz CT molecular complexity index is 832. The number of guanidine groups is 1. The fraction of sp³-hybridized carbons (Fsp3) is 0.478. The highest BCUT2D eigenvalue weighted by Crippen LogP contribution is 2.27. The lowest BCUT2D eigenvalue weighted by molar-refractivity contribution is 0.354. The van der Waals surface area contributed by atoms with Crippen molar-refractivity contribution >= 4 is 11.8 Å². The summed E-state index contributed by atoms with van der Waals surface area (Å²) in [5, 5.41) is 3.43. The van der Waals surface area contributed by atoms with Crippen LogP contribution in [0.2, 0.25) is 0 Å². The van der Waals surface area contributed by atoms with Crippen LogP contribution in [0.15, 0.2) is 41.5 Å². The van der Waals surface area contributed by atoms with E-state index in [1.54, 1.807) is 14.2 Å². The summed E-state index contributed by atoms with van der Waals surface area (Å²) in [6, 6.07) is 10.3. The number of ether oxygens (including phenoxy) is 2. The lowest BCUT2D eigenvalue weighted by atomic mass is 10.1. The molecule has 0 radical (unpaired) electrons.